The van der Waals surface area contributed by atoms with E-state index in [4.69, 9.17) is 21.9 Å². The van der Waals surface area contributed by atoms with Crippen LogP contribution < -0.4 is 59.7 Å². The van der Waals surface area contributed by atoms with Gasteiger partial charge in [-0.25, -0.2) is 19.7 Å². The van der Waals surface area contributed by atoms with Crippen molar-refractivity contribution in [2.75, 3.05) is 32.8 Å². The van der Waals surface area contributed by atoms with Crippen molar-refractivity contribution >= 4 is 82.1 Å². The third-order valence-corrected chi connectivity index (χ3v) is 10.8. The van der Waals surface area contributed by atoms with Crippen molar-refractivity contribution < 1.29 is 72.7 Å². The number of aromatic nitrogens is 1. The number of alkyl carbamates (subject to hydrolysis) is 1. The van der Waals surface area contributed by atoms with Crippen LogP contribution in [0.15, 0.2) is 65.8 Å². The minimum absolute atomic E-state index is 0.0853. The third kappa shape index (κ3) is 20.6. The van der Waals surface area contributed by atoms with Crippen LogP contribution >= 0.6 is 0 Å². The molecule has 3 rings (SSSR count). The fourth-order valence-corrected chi connectivity index (χ4v) is 6.85. The van der Waals surface area contributed by atoms with Gasteiger partial charge in [-0.1, -0.05) is 48.5 Å². The van der Waals surface area contributed by atoms with Crippen LogP contribution in [0.5, 0.6) is 0 Å². The summed E-state index contributed by atoms with van der Waals surface area (Å²) >= 11 is 0. The van der Waals surface area contributed by atoms with E-state index in [1.165, 1.54) is 13.8 Å². The topological polar surface area (TPSA) is 486 Å². The van der Waals surface area contributed by atoms with E-state index in [2.05, 4.69) is 52.5 Å². The summed E-state index contributed by atoms with van der Waals surface area (Å²) in [6.07, 6.45) is -1.30. The molecule has 0 aliphatic rings. The number of para-hydroxylation sites is 1. The number of benzene rings is 2. The highest BCUT2D eigenvalue weighted by molar-refractivity contribution is 5.97. The third-order valence-electron chi connectivity index (χ3n) is 10.8. The van der Waals surface area contributed by atoms with Gasteiger partial charge in [0.15, 0.2) is 17.0 Å². The van der Waals surface area contributed by atoms with Crippen LogP contribution in [0, 0.1) is 10.1 Å². The maximum atomic E-state index is 13.6. The molecule has 31 heteroatoms. The number of nitrogens with one attached hydrogen (secondary N) is 9. The number of guanidine groups is 1. The van der Waals surface area contributed by atoms with Gasteiger partial charge >= 0.3 is 18.0 Å². The predicted octanol–water partition coefficient (Wildman–Crippen LogP) is -4.88. The van der Waals surface area contributed by atoms with Crippen molar-refractivity contribution in [3.05, 3.63) is 82.0 Å². The van der Waals surface area contributed by atoms with Gasteiger partial charge in [-0.15, -0.1) is 0 Å². The summed E-state index contributed by atoms with van der Waals surface area (Å²) in [6, 6.07) is 6.21. The van der Waals surface area contributed by atoms with Crippen molar-refractivity contribution in [1.82, 2.24) is 52.5 Å². The van der Waals surface area contributed by atoms with Gasteiger partial charge in [-0.3, -0.25) is 48.1 Å². The Hall–Kier alpha value is -9.42. The second kappa shape index (κ2) is 30.6. The molecular formula is C45H61N15O16. The number of hydrogen-bond donors (Lipinski definition) is 14. The molecule has 31 nitrogen and oxygen atoms in total. The molecule has 10 amide bonds. The first kappa shape index (κ1) is 60.9. The number of primary amides is 1. The fraction of sp³-hybridized carbons (Fsp3) is 0.422. The number of carboxylic acids is 1. The SMILES string of the molecule is C[C@H](NC(=O)CNC(=O)[C@H](Cc1c[nH]c2ccccc12)NC(=O)[C@H](CO)NC(=O)[C@H](C)NC(=O)OCc1ccccc1)C(=O)NCC(=O)NCC(=O)N[C@@H](CCC(N)=O)C(=O)N([C@@H](CCCN=C(N)N)C(=O)O)[N+](=O)[O-]. The van der Waals surface area contributed by atoms with Crippen molar-refractivity contribution in [2.24, 2.45) is 22.2 Å². The number of carbonyl (C=O) groups is 11. The lowest BCUT2D eigenvalue weighted by atomic mass is 10.0. The highest BCUT2D eigenvalue weighted by atomic mass is 16.7. The van der Waals surface area contributed by atoms with E-state index >= 15 is 0 Å². The molecule has 0 radical (unpaired) electrons. The number of ether oxygens (including phenoxy) is 1. The summed E-state index contributed by atoms with van der Waals surface area (Å²) in [5, 5.41) is 49.0. The maximum absolute atomic E-state index is 13.6. The van der Waals surface area contributed by atoms with Crippen molar-refractivity contribution in [3.8, 4) is 0 Å². The second-order valence-corrected chi connectivity index (χ2v) is 16.6. The number of fused-ring (bicyclic) bond motifs is 1. The number of aliphatic imine (C=N–C) groups is 1. The number of aliphatic hydroxyl groups excluding tert-OH is 1. The van der Waals surface area contributed by atoms with Crippen molar-refractivity contribution in [2.45, 2.75) is 88.8 Å². The molecule has 1 heterocycles. The number of rotatable bonds is 31. The minimum Gasteiger partial charge on any atom is -0.480 e. The normalized spacial score (nSPS) is 13.0. The first-order valence-corrected chi connectivity index (χ1v) is 23.2. The molecule has 6 atom stereocenters. The van der Waals surface area contributed by atoms with Crippen LogP contribution in [0.1, 0.15) is 50.7 Å². The van der Waals surface area contributed by atoms with Crippen LogP contribution in [-0.2, 0) is 65.7 Å². The Kier molecular flexibility index (Phi) is 24.5. The number of aromatic amines is 1. The summed E-state index contributed by atoms with van der Waals surface area (Å²) in [7, 11) is 0. The highest BCUT2D eigenvalue weighted by Gasteiger charge is 2.42. The molecule has 0 spiro atoms. The Morgan fingerprint density at radius 1 is 0.724 bits per heavy atom. The summed E-state index contributed by atoms with van der Waals surface area (Å²) in [4.78, 5) is 159. The van der Waals surface area contributed by atoms with Gasteiger partial charge in [0.2, 0.25) is 47.3 Å². The van der Waals surface area contributed by atoms with E-state index in [1.807, 2.05) is 0 Å². The minimum atomic E-state index is -2.06. The number of aliphatic carboxylic acids is 1. The first-order valence-electron chi connectivity index (χ1n) is 23.2. The van der Waals surface area contributed by atoms with Gasteiger partial charge in [-0.2, -0.15) is 0 Å². The van der Waals surface area contributed by atoms with Crippen molar-refractivity contribution in [1.29, 1.82) is 0 Å². The molecule has 3 aromatic rings. The Balaban J connectivity index is 1.56. The smallest absolute Gasteiger partial charge is 0.408 e. The number of hydrazine groups is 1. The number of carbonyl (C=O) groups excluding carboxylic acids is 10. The number of H-pyrrole nitrogens is 1. The standard InChI is InChI=1S/C45H61N15O16/c1-24(38(66)52-19-35(63)51-20-37(65)56-30(14-15-34(46)62)42(70)59(60(74)75)33(43(71)72)13-8-16-49-44(47)48)54-36(64)21-53-40(68)31(17-27-18-50-29-12-7-6-11-28(27)29)57-41(69)32(22-61)58-39(67)25(2)55-45(73)76-23-26-9-4-3-5-10-26/h3-7,9-12,18,24-25,30-33,50,61H,8,13-17,19-23H2,1-2H3,(H2,46,62)(H,51,63)(H,52,66)(H,53,68)(H,54,64)(H,55,73)(H,56,65)(H,57,69)(H,58,67)(H,71,72)(H4,47,48,49)/t24-,25-,30-,31-,32-,33-/m0/s1. The summed E-state index contributed by atoms with van der Waals surface area (Å²) in [5.41, 5.74) is 17.6. The van der Waals surface area contributed by atoms with Gasteiger partial charge in [0.25, 0.3) is 0 Å². The number of nitrogens with two attached hydrogens (primary N) is 3. The molecule has 2 aromatic carbocycles. The second-order valence-electron chi connectivity index (χ2n) is 16.6. The molecule has 17 N–H and O–H groups in total. The molecule has 0 bridgehead atoms. The van der Waals surface area contributed by atoms with Gasteiger partial charge in [0.1, 0.15) is 36.8 Å². The zero-order valence-corrected chi connectivity index (χ0v) is 41.2. The number of hydrogen-bond acceptors (Lipinski definition) is 16. The lowest BCUT2D eigenvalue weighted by Crippen LogP contribution is -2.58. The molecule has 0 saturated heterocycles. The summed E-state index contributed by atoms with van der Waals surface area (Å²) in [5.74, 6) is -11.3. The molecular weight excluding hydrogens is 1010 g/mol. The van der Waals surface area contributed by atoms with Crippen LogP contribution in [0.3, 0.4) is 0 Å². The molecule has 0 saturated carbocycles. The van der Waals surface area contributed by atoms with E-state index in [-0.39, 0.29) is 37.0 Å². The molecule has 76 heavy (non-hydrogen) atoms. The molecule has 0 unspecified atom stereocenters. The van der Waals surface area contributed by atoms with Crippen LogP contribution in [0.25, 0.3) is 10.9 Å². The van der Waals surface area contributed by atoms with E-state index < -0.39 is 152 Å². The molecule has 0 aliphatic carbocycles. The Labute approximate surface area is 432 Å². The largest absolute Gasteiger partial charge is 0.480 e. The van der Waals surface area contributed by atoms with E-state index in [0.717, 1.165) is 0 Å². The average molecular weight is 1070 g/mol. The van der Waals surface area contributed by atoms with Gasteiger partial charge in [0.05, 0.1) is 26.2 Å². The van der Waals surface area contributed by atoms with Crippen LogP contribution in [0.4, 0.5) is 4.79 Å². The first-order chi connectivity index (χ1) is 36.0. The van der Waals surface area contributed by atoms with Crippen LogP contribution in [-0.4, -0.2) is 165 Å². The summed E-state index contributed by atoms with van der Waals surface area (Å²) in [6.45, 7) is -1.02. The molecule has 0 fully saturated rings. The summed E-state index contributed by atoms with van der Waals surface area (Å²) < 4.78 is 5.12. The lowest BCUT2D eigenvalue weighted by Gasteiger charge is -2.24. The zero-order valence-electron chi connectivity index (χ0n) is 41.2. The van der Waals surface area contributed by atoms with Gasteiger partial charge < -0.3 is 79.7 Å². The lowest BCUT2D eigenvalue weighted by molar-refractivity contribution is -0.640. The Morgan fingerprint density at radius 3 is 1.97 bits per heavy atom. The highest BCUT2D eigenvalue weighted by Crippen LogP contribution is 2.19. The molecule has 1 aromatic heterocycles. The van der Waals surface area contributed by atoms with Crippen molar-refractivity contribution in [3.63, 3.8) is 0 Å². The molecule has 0 aliphatic heterocycles. The number of nitrogens with zero attached hydrogens (tertiary/aromatic N) is 3. The Bertz CT molecular complexity index is 2610. The quantitative estimate of drug-likeness (QED) is 0.00944. The van der Waals surface area contributed by atoms with Crippen LogP contribution in [0.2, 0.25) is 0 Å². The average Bonchev–Trinajstić information content (AvgIpc) is 3.78. The van der Waals surface area contributed by atoms with E-state index in [1.54, 1.807) is 60.8 Å². The fourth-order valence-electron chi connectivity index (χ4n) is 6.85. The zero-order chi connectivity index (χ0) is 56.5. The number of aliphatic hydroxyl groups is 1. The van der Waals surface area contributed by atoms with E-state index in [9.17, 15) is 73.1 Å². The van der Waals surface area contributed by atoms with E-state index in [0.29, 0.717) is 22.0 Å². The molecule has 412 valence electrons. The predicted molar refractivity (Wildman–Crippen MR) is 264 cm³/mol. The maximum Gasteiger partial charge on any atom is 0.408 e. The van der Waals surface area contributed by atoms with Gasteiger partial charge in [-0.05, 0) is 55.3 Å². The number of carboxylic acid groups (broad SMARTS) is 1. The Morgan fingerprint density at radius 2 is 1.33 bits per heavy atom. The monoisotopic (exact) mass is 1070 g/mol. The van der Waals surface area contributed by atoms with Gasteiger partial charge in [0, 0.05) is 36.5 Å². The number of amides is 10. The number of nitro groups is 1.